The molecule has 0 spiro atoms. The minimum absolute atomic E-state index is 0.881. The highest BCUT2D eigenvalue weighted by Gasteiger charge is 2.16. The fourth-order valence-corrected chi connectivity index (χ4v) is 2.95. The summed E-state index contributed by atoms with van der Waals surface area (Å²) in [6, 6.07) is 6.81. The number of hydrogen-bond acceptors (Lipinski definition) is 2. The number of piperidine rings is 1. The van der Waals surface area contributed by atoms with Gasteiger partial charge in [0.05, 0.1) is 0 Å². The van der Waals surface area contributed by atoms with Gasteiger partial charge in [0.1, 0.15) is 0 Å². The highest BCUT2D eigenvalue weighted by atomic mass is 15.1. The van der Waals surface area contributed by atoms with Crippen molar-refractivity contribution in [3.63, 3.8) is 0 Å². The van der Waals surface area contributed by atoms with E-state index < -0.39 is 0 Å². The van der Waals surface area contributed by atoms with Gasteiger partial charge >= 0.3 is 0 Å². The lowest BCUT2D eigenvalue weighted by Crippen LogP contribution is -2.36. The van der Waals surface area contributed by atoms with E-state index in [1.807, 2.05) is 0 Å². The number of rotatable bonds is 5. The number of benzene rings is 1. The maximum atomic E-state index is 3.45. The van der Waals surface area contributed by atoms with E-state index in [0.29, 0.717) is 0 Å². The Kier molecular flexibility index (Phi) is 5.41. The number of nitrogens with one attached hydrogen (secondary N) is 1. The molecule has 0 radical (unpaired) electrons. The molecule has 0 atom stereocenters. The summed E-state index contributed by atoms with van der Waals surface area (Å²) in [6.45, 7) is 12.6. The predicted octanol–water partition coefficient (Wildman–Crippen LogP) is 3.12. The number of nitrogens with zero attached hydrogens (tertiary/aromatic N) is 1. The van der Waals surface area contributed by atoms with Crippen molar-refractivity contribution in [3.05, 3.63) is 34.9 Å². The lowest BCUT2D eigenvalue weighted by Gasteiger charge is -2.29. The average Bonchev–Trinajstić information content (AvgIpc) is 2.43. The minimum Gasteiger partial charge on any atom is -0.317 e. The summed E-state index contributed by atoms with van der Waals surface area (Å²) in [5.74, 6) is 0.881. The smallest absolute Gasteiger partial charge is 0.0236 e. The molecule has 0 unspecified atom stereocenters. The number of aryl methyl sites for hydroxylation is 2. The first-order valence-electron chi connectivity index (χ1n) is 7.68. The van der Waals surface area contributed by atoms with Crippen molar-refractivity contribution in [2.24, 2.45) is 5.92 Å². The summed E-state index contributed by atoms with van der Waals surface area (Å²) >= 11 is 0. The summed E-state index contributed by atoms with van der Waals surface area (Å²) < 4.78 is 0. The van der Waals surface area contributed by atoms with Crippen LogP contribution in [0.15, 0.2) is 18.2 Å². The minimum atomic E-state index is 0.881. The Hall–Kier alpha value is -0.860. The molecular weight excluding hydrogens is 232 g/mol. The first-order chi connectivity index (χ1) is 9.19. The van der Waals surface area contributed by atoms with E-state index in [1.54, 1.807) is 0 Å². The standard InChI is InChI=1S/C17H28N2/c1-4-19(12-16-7-9-18-10-8-16)13-17-11-14(2)5-6-15(17)3/h5-6,11,16,18H,4,7-10,12-13H2,1-3H3. The molecule has 1 aromatic carbocycles. The second-order valence-corrected chi connectivity index (χ2v) is 5.95. The van der Waals surface area contributed by atoms with Gasteiger partial charge in [0, 0.05) is 13.1 Å². The molecule has 2 heteroatoms. The van der Waals surface area contributed by atoms with Gasteiger partial charge in [-0.15, -0.1) is 0 Å². The maximum absolute atomic E-state index is 3.45. The van der Waals surface area contributed by atoms with Crippen LogP contribution in [-0.4, -0.2) is 31.1 Å². The van der Waals surface area contributed by atoms with Crippen LogP contribution in [0.1, 0.15) is 36.5 Å². The average molecular weight is 260 g/mol. The lowest BCUT2D eigenvalue weighted by atomic mass is 9.97. The molecule has 0 saturated carbocycles. The monoisotopic (exact) mass is 260 g/mol. The molecule has 1 aromatic rings. The SMILES string of the molecule is CCN(Cc1cc(C)ccc1C)CC1CCNCC1. The highest BCUT2D eigenvalue weighted by Crippen LogP contribution is 2.17. The summed E-state index contributed by atoms with van der Waals surface area (Å²) in [6.07, 6.45) is 2.67. The van der Waals surface area contributed by atoms with Gasteiger partial charge < -0.3 is 5.32 Å². The van der Waals surface area contributed by atoms with Crippen LogP contribution in [0.3, 0.4) is 0 Å². The Labute approximate surface area is 118 Å². The van der Waals surface area contributed by atoms with E-state index in [9.17, 15) is 0 Å². The fourth-order valence-electron chi connectivity index (χ4n) is 2.95. The molecule has 0 amide bonds. The molecule has 1 N–H and O–H groups in total. The van der Waals surface area contributed by atoms with Crippen molar-refractivity contribution >= 4 is 0 Å². The van der Waals surface area contributed by atoms with Crippen molar-refractivity contribution in [1.29, 1.82) is 0 Å². The molecule has 106 valence electrons. The largest absolute Gasteiger partial charge is 0.317 e. The summed E-state index contributed by atoms with van der Waals surface area (Å²) in [5.41, 5.74) is 4.30. The summed E-state index contributed by atoms with van der Waals surface area (Å²) in [4.78, 5) is 2.61. The Morgan fingerprint density at radius 1 is 1.21 bits per heavy atom. The Balaban J connectivity index is 1.95. The number of hydrogen-bond donors (Lipinski definition) is 1. The van der Waals surface area contributed by atoms with Crippen molar-refractivity contribution in [1.82, 2.24) is 10.2 Å². The van der Waals surface area contributed by atoms with Crippen molar-refractivity contribution in [3.8, 4) is 0 Å². The second kappa shape index (κ2) is 7.06. The zero-order valence-electron chi connectivity index (χ0n) is 12.7. The maximum Gasteiger partial charge on any atom is 0.0236 e. The molecule has 0 aromatic heterocycles. The van der Waals surface area contributed by atoms with Gasteiger partial charge in [-0.1, -0.05) is 30.7 Å². The molecule has 19 heavy (non-hydrogen) atoms. The zero-order valence-corrected chi connectivity index (χ0v) is 12.7. The molecular formula is C17H28N2. The van der Waals surface area contributed by atoms with E-state index in [4.69, 9.17) is 0 Å². The van der Waals surface area contributed by atoms with Crippen LogP contribution >= 0.6 is 0 Å². The third kappa shape index (κ3) is 4.32. The molecule has 0 bridgehead atoms. The fraction of sp³-hybridized carbons (Fsp3) is 0.647. The van der Waals surface area contributed by atoms with E-state index in [0.717, 1.165) is 19.0 Å². The zero-order chi connectivity index (χ0) is 13.7. The second-order valence-electron chi connectivity index (χ2n) is 5.95. The van der Waals surface area contributed by atoms with Gasteiger partial charge in [0.25, 0.3) is 0 Å². The third-order valence-electron chi connectivity index (χ3n) is 4.32. The first-order valence-corrected chi connectivity index (χ1v) is 7.68. The van der Waals surface area contributed by atoms with Gasteiger partial charge in [-0.2, -0.15) is 0 Å². The molecule has 1 saturated heterocycles. The van der Waals surface area contributed by atoms with Crippen LogP contribution in [0.2, 0.25) is 0 Å². The molecule has 1 heterocycles. The third-order valence-corrected chi connectivity index (χ3v) is 4.32. The summed E-state index contributed by atoms with van der Waals surface area (Å²) in [5, 5.41) is 3.45. The van der Waals surface area contributed by atoms with Crippen molar-refractivity contribution in [2.75, 3.05) is 26.2 Å². The highest BCUT2D eigenvalue weighted by molar-refractivity contribution is 5.30. The van der Waals surface area contributed by atoms with E-state index in [1.165, 1.54) is 49.2 Å². The Morgan fingerprint density at radius 3 is 2.63 bits per heavy atom. The van der Waals surface area contributed by atoms with Crippen molar-refractivity contribution < 1.29 is 0 Å². The van der Waals surface area contributed by atoms with Gasteiger partial charge in [-0.05, 0) is 63.4 Å². The molecule has 0 aliphatic carbocycles. The van der Waals surface area contributed by atoms with Crippen LogP contribution in [0, 0.1) is 19.8 Å². The normalized spacial score (nSPS) is 17.1. The molecule has 1 aliphatic rings. The van der Waals surface area contributed by atoms with Crippen LogP contribution < -0.4 is 5.32 Å². The van der Waals surface area contributed by atoms with E-state index in [2.05, 4.69) is 49.2 Å². The van der Waals surface area contributed by atoms with Gasteiger partial charge in [0.15, 0.2) is 0 Å². The topological polar surface area (TPSA) is 15.3 Å². The molecule has 2 nitrogen and oxygen atoms in total. The van der Waals surface area contributed by atoms with Crippen LogP contribution in [0.4, 0.5) is 0 Å². The quantitative estimate of drug-likeness (QED) is 0.875. The Morgan fingerprint density at radius 2 is 1.95 bits per heavy atom. The first kappa shape index (κ1) is 14.5. The molecule has 2 rings (SSSR count). The van der Waals surface area contributed by atoms with Gasteiger partial charge in [0.2, 0.25) is 0 Å². The van der Waals surface area contributed by atoms with E-state index in [-0.39, 0.29) is 0 Å². The van der Waals surface area contributed by atoms with Crippen LogP contribution in [0.5, 0.6) is 0 Å². The molecule has 1 aliphatic heterocycles. The van der Waals surface area contributed by atoms with Crippen LogP contribution in [0.25, 0.3) is 0 Å². The van der Waals surface area contributed by atoms with E-state index >= 15 is 0 Å². The Bertz CT molecular complexity index is 394. The predicted molar refractivity (Wildman–Crippen MR) is 82.5 cm³/mol. The van der Waals surface area contributed by atoms with Crippen LogP contribution in [-0.2, 0) is 6.54 Å². The van der Waals surface area contributed by atoms with Gasteiger partial charge in [-0.3, -0.25) is 4.90 Å². The summed E-state index contributed by atoms with van der Waals surface area (Å²) in [7, 11) is 0. The van der Waals surface area contributed by atoms with Crippen molar-refractivity contribution in [2.45, 2.75) is 40.2 Å². The molecule has 1 fully saturated rings. The lowest BCUT2D eigenvalue weighted by molar-refractivity contribution is 0.207. The van der Waals surface area contributed by atoms with Gasteiger partial charge in [-0.25, -0.2) is 0 Å².